The van der Waals surface area contributed by atoms with E-state index in [-0.39, 0.29) is 24.0 Å². The van der Waals surface area contributed by atoms with Crippen LogP contribution >= 0.6 is 0 Å². The molecule has 0 amide bonds. The Bertz CT molecular complexity index is 336. The third-order valence-corrected chi connectivity index (χ3v) is 5.45. The van der Waals surface area contributed by atoms with E-state index in [1.54, 1.807) is 0 Å². The molecule has 2 spiro atoms. The van der Waals surface area contributed by atoms with Crippen LogP contribution in [0.5, 0.6) is 0 Å². The number of alkyl halides is 3. The van der Waals surface area contributed by atoms with Gasteiger partial charge in [-0.2, -0.15) is 13.2 Å². The Hall–Kier alpha value is -0.290. The van der Waals surface area contributed by atoms with E-state index in [2.05, 4.69) is 5.32 Å². The molecule has 0 aromatic carbocycles. The van der Waals surface area contributed by atoms with Crippen LogP contribution in [0.1, 0.15) is 57.8 Å². The molecule has 0 bridgehead atoms. The van der Waals surface area contributed by atoms with E-state index < -0.39 is 12.1 Å². The zero-order valence-corrected chi connectivity index (χ0v) is 11.9. The van der Waals surface area contributed by atoms with Crippen molar-refractivity contribution < 1.29 is 17.9 Å². The molecule has 1 aliphatic heterocycles. The molecule has 2 saturated carbocycles. The summed E-state index contributed by atoms with van der Waals surface area (Å²) < 4.78 is 44.8. The smallest absolute Gasteiger partial charge is 0.366 e. The predicted molar refractivity (Wildman–Crippen MR) is 70.5 cm³/mol. The van der Waals surface area contributed by atoms with Gasteiger partial charge in [0.2, 0.25) is 0 Å². The fourth-order valence-corrected chi connectivity index (χ4v) is 4.27. The van der Waals surface area contributed by atoms with Crippen molar-refractivity contribution in [1.29, 1.82) is 0 Å². The van der Waals surface area contributed by atoms with Crippen LogP contribution in [0.15, 0.2) is 0 Å². The van der Waals surface area contributed by atoms with Crippen molar-refractivity contribution in [3.63, 3.8) is 0 Å². The van der Waals surface area contributed by atoms with Crippen LogP contribution in [0.2, 0.25) is 0 Å². The van der Waals surface area contributed by atoms with E-state index in [9.17, 15) is 13.2 Å². The van der Waals surface area contributed by atoms with Gasteiger partial charge in [0.1, 0.15) is 0 Å². The summed E-state index contributed by atoms with van der Waals surface area (Å²) in [5, 5.41) is 3.45. The molecule has 0 aromatic rings. The van der Waals surface area contributed by atoms with Crippen molar-refractivity contribution in [2.45, 2.75) is 75.2 Å². The van der Waals surface area contributed by atoms with Gasteiger partial charge < -0.3 is 10.1 Å². The Morgan fingerprint density at radius 3 is 1.95 bits per heavy atom. The first-order valence-electron chi connectivity index (χ1n) is 7.91. The van der Waals surface area contributed by atoms with Crippen molar-refractivity contribution in [1.82, 2.24) is 5.32 Å². The number of hydrogen-bond donors (Lipinski definition) is 1. The fourth-order valence-electron chi connectivity index (χ4n) is 4.27. The number of rotatable bonds is 0. The van der Waals surface area contributed by atoms with Crippen molar-refractivity contribution in [2.24, 2.45) is 5.92 Å². The largest absolute Gasteiger partial charge is 0.391 e. The van der Waals surface area contributed by atoms with Crippen LogP contribution in [0.25, 0.3) is 0 Å². The maximum atomic E-state index is 12.8. The van der Waals surface area contributed by atoms with E-state index in [1.807, 2.05) is 0 Å². The maximum Gasteiger partial charge on any atom is 0.391 e. The van der Waals surface area contributed by atoms with Crippen molar-refractivity contribution >= 4 is 0 Å². The molecular formula is C15H24F3NO. The molecule has 5 heteroatoms. The summed E-state index contributed by atoms with van der Waals surface area (Å²) in [6, 6.07) is 0. The predicted octanol–water partition coefficient (Wildman–Crippen LogP) is 3.80. The first kappa shape index (κ1) is 14.6. The highest BCUT2D eigenvalue weighted by Gasteiger charge is 2.51. The van der Waals surface area contributed by atoms with Gasteiger partial charge in [-0.1, -0.05) is 19.3 Å². The van der Waals surface area contributed by atoms with Crippen LogP contribution in [-0.4, -0.2) is 30.5 Å². The summed E-state index contributed by atoms with van der Waals surface area (Å²) >= 11 is 0. The lowest BCUT2D eigenvalue weighted by Crippen LogP contribution is -2.62. The van der Waals surface area contributed by atoms with Gasteiger partial charge in [0, 0.05) is 13.1 Å². The highest BCUT2D eigenvalue weighted by molar-refractivity contribution is 5.00. The lowest BCUT2D eigenvalue weighted by Gasteiger charge is -2.52. The number of ether oxygens (including phenoxy) is 1. The summed E-state index contributed by atoms with van der Waals surface area (Å²) in [4.78, 5) is 0. The zero-order valence-electron chi connectivity index (χ0n) is 11.9. The van der Waals surface area contributed by atoms with Crippen molar-refractivity contribution in [3.8, 4) is 0 Å². The first-order chi connectivity index (χ1) is 9.43. The quantitative estimate of drug-likeness (QED) is 0.733. The topological polar surface area (TPSA) is 21.3 Å². The van der Waals surface area contributed by atoms with Crippen LogP contribution in [-0.2, 0) is 4.74 Å². The van der Waals surface area contributed by atoms with Crippen molar-refractivity contribution in [3.05, 3.63) is 0 Å². The second kappa shape index (κ2) is 5.16. The third-order valence-electron chi connectivity index (χ3n) is 5.45. The molecule has 20 heavy (non-hydrogen) atoms. The molecular weight excluding hydrogens is 267 g/mol. The monoisotopic (exact) mass is 291 g/mol. The molecule has 1 saturated heterocycles. The second-order valence-electron chi connectivity index (χ2n) is 6.95. The SMILES string of the molecule is FC(F)(F)C1CCC2(CC1)CNCC1(CCCCC1)O2. The number of morpholine rings is 1. The Morgan fingerprint density at radius 2 is 1.40 bits per heavy atom. The van der Waals surface area contributed by atoms with Crippen LogP contribution in [0, 0.1) is 5.92 Å². The van der Waals surface area contributed by atoms with E-state index in [4.69, 9.17) is 4.74 Å². The molecule has 3 rings (SSSR count). The molecule has 1 N–H and O–H groups in total. The Labute approximate surface area is 118 Å². The second-order valence-corrected chi connectivity index (χ2v) is 6.95. The summed E-state index contributed by atoms with van der Waals surface area (Å²) in [6.45, 7) is 1.59. The van der Waals surface area contributed by atoms with Gasteiger partial charge in [-0.05, 0) is 38.5 Å². The third kappa shape index (κ3) is 2.84. The first-order valence-corrected chi connectivity index (χ1v) is 7.91. The molecule has 2 aliphatic carbocycles. The van der Waals surface area contributed by atoms with Gasteiger partial charge in [-0.25, -0.2) is 0 Å². The van der Waals surface area contributed by atoms with Gasteiger partial charge >= 0.3 is 6.18 Å². The van der Waals surface area contributed by atoms with Gasteiger partial charge in [0.25, 0.3) is 0 Å². The molecule has 116 valence electrons. The molecule has 3 fully saturated rings. The number of hydrogen-bond acceptors (Lipinski definition) is 2. The summed E-state index contributed by atoms with van der Waals surface area (Å²) in [5.41, 5.74) is -0.432. The molecule has 1 heterocycles. The highest BCUT2D eigenvalue weighted by atomic mass is 19.4. The molecule has 3 aliphatic rings. The zero-order chi connectivity index (χ0) is 14.3. The minimum Gasteiger partial charge on any atom is -0.366 e. The van der Waals surface area contributed by atoms with Gasteiger partial charge in [-0.3, -0.25) is 0 Å². The van der Waals surface area contributed by atoms with Gasteiger partial charge in [0.15, 0.2) is 0 Å². The minimum absolute atomic E-state index is 0.0957. The molecule has 0 aromatic heterocycles. The van der Waals surface area contributed by atoms with E-state index in [1.165, 1.54) is 19.3 Å². The van der Waals surface area contributed by atoms with E-state index in [0.29, 0.717) is 12.8 Å². The highest BCUT2D eigenvalue weighted by Crippen LogP contribution is 2.47. The van der Waals surface area contributed by atoms with E-state index >= 15 is 0 Å². The summed E-state index contributed by atoms with van der Waals surface area (Å²) in [7, 11) is 0. The van der Waals surface area contributed by atoms with Gasteiger partial charge in [-0.15, -0.1) is 0 Å². The minimum atomic E-state index is -4.04. The fraction of sp³-hybridized carbons (Fsp3) is 1.00. The average Bonchev–Trinajstić information content (AvgIpc) is 2.39. The van der Waals surface area contributed by atoms with Crippen LogP contribution < -0.4 is 5.32 Å². The average molecular weight is 291 g/mol. The van der Waals surface area contributed by atoms with Gasteiger partial charge in [0.05, 0.1) is 17.1 Å². The number of halogens is 3. The lowest BCUT2D eigenvalue weighted by molar-refractivity contribution is -0.230. The normalized spacial score (nSPS) is 38.2. The standard InChI is InChI=1S/C15H24F3NO/c16-15(17,18)12-4-8-14(9-5-12)11-19-10-13(20-14)6-2-1-3-7-13/h12,19H,1-11H2. The van der Waals surface area contributed by atoms with Crippen LogP contribution in [0.4, 0.5) is 13.2 Å². The summed E-state index contributed by atoms with van der Waals surface area (Å²) in [6.07, 6.45) is 3.25. The molecule has 2 nitrogen and oxygen atoms in total. The maximum absolute atomic E-state index is 12.8. The number of nitrogens with one attached hydrogen (secondary N) is 1. The van der Waals surface area contributed by atoms with Crippen molar-refractivity contribution in [2.75, 3.05) is 13.1 Å². The molecule has 0 radical (unpaired) electrons. The Kier molecular flexibility index (Phi) is 3.78. The summed E-state index contributed by atoms with van der Waals surface area (Å²) in [5.74, 6) is -1.12. The Morgan fingerprint density at radius 1 is 0.850 bits per heavy atom. The molecule has 0 atom stereocenters. The Balaban J connectivity index is 1.65. The lowest BCUT2D eigenvalue weighted by atomic mass is 9.75. The van der Waals surface area contributed by atoms with Crippen LogP contribution in [0.3, 0.4) is 0 Å². The van der Waals surface area contributed by atoms with E-state index in [0.717, 1.165) is 25.9 Å². The molecule has 0 unspecified atom stereocenters.